The van der Waals surface area contributed by atoms with E-state index in [-0.39, 0.29) is 0 Å². The lowest BCUT2D eigenvalue weighted by Gasteiger charge is -2.30. The van der Waals surface area contributed by atoms with Gasteiger partial charge in [-0.15, -0.1) is 0 Å². The Balaban J connectivity index is 3.69. The molecule has 0 fully saturated rings. The zero-order chi connectivity index (χ0) is 12.6. The summed E-state index contributed by atoms with van der Waals surface area (Å²) in [6.07, 6.45) is 2.33. The minimum Gasteiger partial charge on any atom is -0.381 e. The standard InChI is InChI=1S/C14H31NO/c1-12(2)7-9-16-10-8-13(11-15-6)14(3,4)5/h12-13,15H,7-11H2,1-6H3. The molecule has 0 aromatic heterocycles. The molecule has 0 aliphatic rings. The second-order valence-corrected chi connectivity index (χ2v) is 6.20. The highest BCUT2D eigenvalue weighted by molar-refractivity contribution is 4.75. The number of rotatable bonds is 8. The van der Waals surface area contributed by atoms with Gasteiger partial charge in [-0.25, -0.2) is 0 Å². The Morgan fingerprint density at radius 3 is 2.06 bits per heavy atom. The van der Waals surface area contributed by atoms with Crippen LogP contribution in [0.3, 0.4) is 0 Å². The minimum atomic E-state index is 0.365. The first kappa shape index (κ1) is 15.9. The van der Waals surface area contributed by atoms with E-state index in [1.807, 2.05) is 7.05 Å². The SMILES string of the molecule is CNCC(CCOCCC(C)C)C(C)(C)C. The third-order valence-corrected chi connectivity index (χ3v) is 3.13. The molecule has 0 saturated heterocycles. The fraction of sp³-hybridized carbons (Fsp3) is 1.00. The predicted molar refractivity (Wildman–Crippen MR) is 71.8 cm³/mol. The van der Waals surface area contributed by atoms with Crippen molar-refractivity contribution in [1.82, 2.24) is 5.32 Å². The molecule has 16 heavy (non-hydrogen) atoms. The van der Waals surface area contributed by atoms with Gasteiger partial charge in [0.25, 0.3) is 0 Å². The molecule has 0 amide bonds. The number of hydrogen-bond acceptors (Lipinski definition) is 2. The maximum atomic E-state index is 5.69. The molecule has 2 nitrogen and oxygen atoms in total. The van der Waals surface area contributed by atoms with E-state index in [1.54, 1.807) is 0 Å². The van der Waals surface area contributed by atoms with E-state index in [0.717, 1.165) is 32.1 Å². The summed E-state index contributed by atoms with van der Waals surface area (Å²) >= 11 is 0. The Morgan fingerprint density at radius 2 is 1.62 bits per heavy atom. The van der Waals surface area contributed by atoms with Crippen molar-refractivity contribution in [3.05, 3.63) is 0 Å². The van der Waals surface area contributed by atoms with Crippen molar-refractivity contribution in [1.29, 1.82) is 0 Å². The first-order valence-corrected chi connectivity index (χ1v) is 6.60. The van der Waals surface area contributed by atoms with Crippen LogP contribution in [0.1, 0.15) is 47.5 Å². The summed E-state index contributed by atoms with van der Waals surface area (Å²) in [4.78, 5) is 0. The summed E-state index contributed by atoms with van der Waals surface area (Å²) in [7, 11) is 2.03. The molecule has 0 saturated carbocycles. The summed E-state index contributed by atoms with van der Waals surface area (Å²) in [5, 5.41) is 3.28. The van der Waals surface area contributed by atoms with Gasteiger partial charge in [0, 0.05) is 13.2 Å². The van der Waals surface area contributed by atoms with Crippen LogP contribution in [-0.2, 0) is 4.74 Å². The maximum absolute atomic E-state index is 5.69. The summed E-state index contributed by atoms with van der Waals surface area (Å²) in [6.45, 7) is 14.3. The quantitative estimate of drug-likeness (QED) is 0.645. The van der Waals surface area contributed by atoms with Crippen molar-refractivity contribution in [2.75, 3.05) is 26.8 Å². The second-order valence-electron chi connectivity index (χ2n) is 6.20. The average molecular weight is 229 g/mol. The topological polar surface area (TPSA) is 21.3 Å². The lowest BCUT2D eigenvalue weighted by molar-refractivity contribution is 0.0903. The van der Waals surface area contributed by atoms with Crippen LogP contribution in [0.4, 0.5) is 0 Å². The molecule has 98 valence electrons. The van der Waals surface area contributed by atoms with Crippen LogP contribution < -0.4 is 5.32 Å². The molecule has 1 unspecified atom stereocenters. The summed E-state index contributed by atoms with van der Waals surface area (Å²) in [5.41, 5.74) is 0.365. The van der Waals surface area contributed by atoms with Gasteiger partial charge in [-0.1, -0.05) is 34.6 Å². The molecule has 0 aromatic carbocycles. The molecule has 1 atom stereocenters. The van der Waals surface area contributed by atoms with Crippen molar-refractivity contribution >= 4 is 0 Å². The molecule has 1 N–H and O–H groups in total. The molecule has 0 aliphatic heterocycles. The van der Waals surface area contributed by atoms with Crippen molar-refractivity contribution in [2.45, 2.75) is 47.5 Å². The van der Waals surface area contributed by atoms with E-state index in [0.29, 0.717) is 11.3 Å². The summed E-state index contributed by atoms with van der Waals surface area (Å²) < 4.78 is 5.69. The van der Waals surface area contributed by atoms with Gasteiger partial charge in [0.05, 0.1) is 0 Å². The van der Waals surface area contributed by atoms with Crippen LogP contribution in [0.5, 0.6) is 0 Å². The number of ether oxygens (including phenoxy) is 1. The minimum absolute atomic E-state index is 0.365. The smallest absolute Gasteiger partial charge is 0.0469 e. The fourth-order valence-electron chi connectivity index (χ4n) is 1.73. The van der Waals surface area contributed by atoms with Crippen LogP contribution >= 0.6 is 0 Å². The van der Waals surface area contributed by atoms with Crippen molar-refractivity contribution in [3.63, 3.8) is 0 Å². The third-order valence-electron chi connectivity index (χ3n) is 3.13. The normalized spacial score (nSPS) is 14.4. The van der Waals surface area contributed by atoms with E-state index in [1.165, 1.54) is 6.42 Å². The van der Waals surface area contributed by atoms with Crippen LogP contribution in [0.25, 0.3) is 0 Å². The lowest BCUT2D eigenvalue weighted by Crippen LogP contribution is -2.31. The Labute approximate surface area is 102 Å². The van der Waals surface area contributed by atoms with E-state index in [9.17, 15) is 0 Å². The Bertz CT molecular complexity index is 161. The Hall–Kier alpha value is -0.0800. The number of nitrogens with one attached hydrogen (secondary N) is 1. The van der Waals surface area contributed by atoms with E-state index >= 15 is 0 Å². The monoisotopic (exact) mass is 229 g/mol. The first-order chi connectivity index (χ1) is 7.38. The number of hydrogen-bond donors (Lipinski definition) is 1. The van der Waals surface area contributed by atoms with E-state index in [2.05, 4.69) is 39.9 Å². The van der Waals surface area contributed by atoms with E-state index in [4.69, 9.17) is 4.74 Å². The van der Waals surface area contributed by atoms with E-state index < -0.39 is 0 Å². The molecule has 0 aliphatic carbocycles. The highest BCUT2D eigenvalue weighted by Crippen LogP contribution is 2.28. The van der Waals surface area contributed by atoms with Gasteiger partial charge in [0.1, 0.15) is 0 Å². The fourth-order valence-corrected chi connectivity index (χ4v) is 1.73. The molecule has 0 rings (SSSR count). The molecule has 0 radical (unpaired) electrons. The largest absolute Gasteiger partial charge is 0.381 e. The van der Waals surface area contributed by atoms with Gasteiger partial charge in [-0.05, 0) is 43.7 Å². The van der Waals surface area contributed by atoms with Gasteiger partial charge < -0.3 is 10.1 Å². The molecule has 0 aromatic rings. The Morgan fingerprint density at radius 1 is 1.06 bits per heavy atom. The molecule has 0 spiro atoms. The lowest BCUT2D eigenvalue weighted by atomic mass is 9.79. The Kier molecular flexibility index (Phi) is 8.04. The second kappa shape index (κ2) is 8.08. The molecular weight excluding hydrogens is 198 g/mol. The van der Waals surface area contributed by atoms with Gasteiger partial charge in [-0.3, -0.25) is 0 Å². The van der Waals surface area contributed by atoms with Crippen LogP contribution in [-0.4, -0.2) is 26.8 Å². The zero-order valence-electron chi connectivity index (χ0n) is 12.1. The summed E-state index contributed by atoms with van der Waals surface area (Å²) in [5.74, 6) is 1.44. The summed E-state index contributed by atoms with van der Waals surface area (Å²) in [6, 6.07) is 0. The van der Waals surface area contributed by atoms with Gasteiger partial charge in [-0.2, -0.15) is 0 Å². The van der Waals surface area contributed by atoms with Crippen molar-refractivity contribution < 1.29 is 4.74 Å². The molecule has 0 bridgehead atoms. The van der Waals surface area contributed by atoms with Crippen LogP contribution in [0.15, 0.2) is 0 Å². The van der Waals surface area contributed by atoms with Gasteiger partial charge >= 0.3 is 0 Å². The first-order valence-electron chi connectivity index (χ1n) is 6.60. The molecule has 0 heterocycles. The molecular formula is C14H31NO. The third kappa shape index (κ3) is 8.12. The average Bonchev–Trinajstić information content (AvgIpc) is 2.13. The molecule has 2 heteroatoms. The van der Waals surface area contributed by atoms with Crippen LogP contribution in [0, 0.1) is 17.3 Å². The van der Waals surface area contributed by atoms with Crippen molar-refractivity contribution in [3.8, 4) is 0 Å². The maximum Gasteiger partial charge on any atom is 0.0469 e. The van der Waals surface area contributed by atoms with Crippen LogP contribution in [0.2, 0.25) is 0 Å². The van der Waals surface area contributed by atoms with Gasteiger partial charge in [0.15, 0.2) is 0 Å². The zero-order valence-corrected chi connectivity index (χ0v) is 12.1. The highest BCUT2D eigenvalue weighted by Gasteiger charge is 2.23. The van der Waals surface area contributed by atoms with Crippen molar-refractivity contribution in [2.24, 2.45) is 17.3 Å². The predicted octanol–water partition coefficient (Wildman–Crippen LogP) is 3.32. The highest BCUT2D eigenvalue weighted by atomic mass is 16.5. The van der Waals surface area contributed by atoms with Gasteiger partial charge in [0.2, 0.25) is 0 Å².